The van der Waals surface area contributed by atoms with Crippen molar-refractivity contribution in [3.8, 4) is 0 Å². The summed E-state index contributed by atoms with van der Waals surface area (Å²) < 4.78 is 0. The first-order valence-corrected chi connectivity index (χ1v) is 10.1. The van der Waals surface area contributed by atoms with Gasteiger partial charge >= 0.3 is 0 Å². The third-order valence-corrected chi connectivity index (χ3v) is 5.77. The van der Waals surface area contributed by atoms with Crippen molar-refractivity contribution in [3.05, 3.63) is 0 Å². The van der Waals surface area contributed by atoms with E-state index in [0.29, 0.717) is 12.8 Å². The summed E-state index contributed by atoms with van der Waals surface area (Å²) in [6.45, 7) is 17.0. The van der Waals surface area contributed by atoms with Crippen LogP contribution in [-0.2, 0) is 9.59 Å². The van der Waals surface area contributed by atoms with Crippen LogP contribution in [0.1, 0.15) is 93.9 Å². The number of hydrogen-bond acceptors (Lipinski definition) is 3. The summed E-state index contributed by atoms with van der Waals surface area (Å²) in [5, 5.41) is 9.68. The fourth-order valence-electron chi connectivity index (χ4n) is 5.47. The number of nitrogens with zero attached hydrogens (tertiary/aromatic N) is 1. The zero-order valence-electron chi connectivity index (χ0n) is 18.3. The van der Waals surface area contributed by atoms with Crippen molar-refractivity contribution >= 4 is 12.2 Å². The largest absolute Gasteiger partial charge is 0.394 e. The molecule has 152 valence electrons. The summed E-state index contributed by atoms with van der Waals surface area (Å²) in [6, 6.07) is -0.116. The molecule has 1 aliphatic heterocycles. The summed E-state index contributed by atoms with van der Waals surface area (Å²) in [5.74, 6) is 0.108. The highest BCUT2D eigenvalue weighted by Crippen LogP contribution is 2.46. The standard InChI is InChI=1S/C22H41NO3/c1-9-10-19(2,3)14-20(4,5)12-18(26)23-17(13-24)11-22(23,8)15-21(6,7)16-25/h16-17,24H,9-15H2,1-8H3. The number of aliphatic hydroxyl groups is 1. The van der Waals surface area contributed by atoms with Gasteiger partial charge in [0.1, 0.15) is 6.29 Å². The average molecular weight is 368 g/mol. The third kappa shape index (κ3) is 5.80. The van der Waals surface area contributed by atoms with E-state index >= 15 is 0 Å². The fourth-order valence-corrected chi connectivity index (χ4v) is 5.47. The van der Waals surface area contributed by atoms with Gasteiger partial charge in [-0.2, -0.15) is 0 Å². The maximum atomic E-state index is 13.2. The average Bonchev–Trinajstić information content (AvgIpc) is 2.41. The van der Waals surface area contributed by atoms with Gasteiger partial charge in [0.15, 0.2) is 0 Å². The van der Waals surface area contributed by atoms with Crippen LogP contribution in [0.2, 0.25) is 0 Å². The van der Waals surface area contributed by atoms with E-state index in [-0.39, 0.29) is 34.9 Å². The molecular formula is C22H41NO3. The molecule has 0 aromatic rings. The van der Waals surface area contributed by atoms with Crippen LogP contribution in [0.3, 0.4) is 0 Å². The van der Waals surface area contributed by atoms with Crippen molar-refractivity contribution < 1.29 is 14.7 Å². The molecule has 1 aliphatic rings. The Bertz CT molecular complexity index is 510. The van der Waals surface area contributed by atoms with E-state index < -0.39 is 5.41 Å². The Morgan fingerprint density at radius 2 is 1.77 bits per heavy atom. The Morgan fingerprint density at radius 1 is 1.19 bits per heavy atom. The van der Waals surface area contributed by atoms with Gasteiger partial charge in [-0.3, -0.25) is 4.79 Å². The van der Waals surface area contributed by atoms with Crippen LogP contribution in [0.4, 0.5) is 0 Å². The predicted octanol–water partition coefficient (Wildman–Crippen LogP) is 4.59. The molecule has 2 atom stereocenters. The molecule has 1 amide bonds. The molecule has 0 aliphatic carbocycles. The molecule has 1 rings (SSSR count). The number of rotatable bonds is 10. The van der Waals surface area contributed by atoms with Crippen molar-refractivity contribution in [2.45, 2.75) is 105 Å². The highest BCUT2D eigenvalue weighted by Gasteiger charge is 2.52. The molecule has 1 fully saturated rings. The van der Waals surface area contributed by atoms with E-state index in [0.717, 1.165) is 32.0 Å². The minimum absolute atomic E-state index is 0.00932. The first kappa shape index (κ1) is 23.1. The van der Waals surface area contributed by atoms with Crippen molar-refractivity contribution in [2.24, 2.45) is 16.2 Å². The molecule has 2 unspecified atom stereocenters. The first-order chi connectivity index (χ1) is 11.7. The van der Waals surface area contributed by atoms with Crippen LogP contribution in [0.5, 0.6) is 0 Å². The monoisotopic (exact) mass is 367 g/mol. The molecule has 0 bridgehead atoms. The van der Waals surface area contributed by atoms with E-state index in [2.05, 4.69) is 41.5 Å². The number of aldehydes is 1. The van der Waals surface area contributed by atoms with E-state index in [9.17, 15) is 14.7 Å². The Kier molecular flexibility index (Phi) is 7.12. The van der Waals surface area contributed by atoms with Gasteiger partial charge in [0, 0.05) is 17.4 Å². The smallest absolute Gasteiger partial charge is 0.223 e. The van der Waals surface area contributed by atoms with Gasteiger partial charge in [0.2, 0.25) is 5.91 Å². The second-order valence-corrected chi connectivity index (χ2v) is 11.0. The molecule has 4 heteroatoms. The highest BCUT2D eigenvalue weighted by molar-refractivity contribution is 5.79. The van der Waals surface area contributed by atoms with E-state index in [4.69, 9.17) is 0 Å². The van der Waals surface area contributed by atoms with E-state index in [1.807, 2.05) is 18.7 Å². The Hall–Kier alpha value is -0.900. The maximum Gasteiger partial charge on any atom is 0.223 e. The van der Waals surface area contributed by atoms with Crippen molar-refractivity contribution in [2.75, 3.05) is 6.61 Å². The van der Waals surface area contributed by atoms with E-state index in [1.165, 1.54) is 0 Å². The van der Waals surface area contributed by atoms with Crippen molar-refractivity contribution in [1.82, 2.24) is 4.90 Å². The molecule has 0 spiro atoms. The molecule has 4 nitrogen and oxygen atoms in total. The Labute approximate surface area is 160 Å². The zero-order chi connectivity index (χ0) is 20.4. The van der Waals surface area contributed by atoms with Gasteiger partial charge < -0.3 is 14.8 Å². The lowest BCUT2D eigenvalue weighted by atomic mass is 9.68. The summed E-state index contributed by atoms with van der Waals surface area (Å²) in [6.07, 6.45) is 6.14. The molecule has 1 saturated heterocycles. The SMILES string of the molecule is CCCC(C)(C)CC(C)(C)CC(=O)N1C(CO)CC1(C)CC(C)(C)C=O. The summed E-state index contributed by atoms with van der Waals surface area (Å²) in [5.41, 5.74) is -0.685. The van der Waals surface area contributed by atoms with Crippen LogP contribution < -0.4 is 0 Å². The fraction of sp³-hybridized carbons (Fsp3) is 0.909. The molecular weight excluding hydrogens is 326 g/mol. The Balaban J connectivity index is 2.89. The minimum Gasteiger partial charge on any atom is -0.394 e. The zero-order valence-corrected chi connectivity index (χ0v) is 18.3. The van der Waals surface area contributed by atoms with Gasteiger partial charge in [0.25, 0.3) is 0 Å². The van der Waals surface area contributed by atoms with Gasteiger partial charge in [-0.1, -0.05) is 54.9 Å². The number of likely N-dealkylation sites (tertiary alicyclic amines) is 1. The second-order valence-electron chi connectivity index (χ2n) is 11.0. The Morgan fingerprint density at radius 3 is 2.23 bits per heavy atom. The lowest BCUT2D eigenvalue weighted by Gasteiger charge is -2.58. The summed E-state index contributed by atoms with van der Waals surface area (Å²) >= 11 is 0. The number of hydrogen-bond donors (Lipinski definition) is 1. The first-order valence-electron chi connectivity index (χ1n) is 10.1. The molecule has 26 heavy (non-hydrogen) atoms. The predicted molar refractivity (Wildman–Crippen MR) is 107 cm³/mol. The minimum atomic E-state index is -0.466. The molecule has 0 saturated carbocycles. The van der Waals surface area contributed by atoms with Crippen LogP contribution in [0, 0.1) is 16.2 Å². The highest BCUT2D eigenvalue weighted by atomic mass is 16.3. The van der Waals surface area contributed by atoms with Gasteiger partial charge in [-0.15, -0.1) is 0 Å². The van der Waals surface area contributed by atoms with Gasteiger partial charge in [0.05, 0.1) is 12.6 Å². The normalized spacial score (nSPS) is 24.3. The number of amides is 1. The number of carbonyl (C=O) groups is 2. The molecule has 0 aromatic heterocycles. The maximum absolute atomic E-state index is 13.2. The summed E-state index contributed by atoms with van der Waals surface area (Å²) in [7, 11) is 0. The van der Waals surface area contributed by atoms with E-state index in [1.54, 1.807) is 0 Å². The molecule has 0 radical (unpaired) electrons. The van der Waals surface area contributed by atoms with Crippen molar-refractivity contribution in [3.63, 3.8) is 0 Å². The lowest BCUT2D eigenvalue weighted by molar-refractivity contribution is -0.166. The second kappa shape index (κ2) is 8.00. The van der Waals surface area contributed by atoms with Crippen LogP contribution >= 0.6 is 0 Å². The summed E-state index contributed by atoms with van der Waals surface area (Å²) in [4.78, 5) is 26.4. The quantitative estimate of drug-likeness (QED) is 0.575. The molecule has 1 N–H and O–H groups in total. The third-order valence-electron chi connectivity index (χ3n) is 5.77. The van der Waals surface area contributed by atoms with Gasteiger partial charge in [-0.05, 0) is 43.4 Å². The molecule has 0 aromatic carbocycles. The topological polar surface area (TPSA) is 57.6 Å². The lowest BCUT2D eigenvalue weighted by Crippen LogP contribution is -2.69. The van der Waals surface area contributed by atoms with Crippen LogP contribution in [0.15, 0.2) is 0 Å². The van der Waals surface area contributed by atoms with Crippen LogP contribution in [-0.4, -0.2) is 40.4 Å². The van der Waals surface area contributed by atoms with Gasteiger partial charge in [-0.25, -0.2) is 0 Å². The molecule has 1 heterocycles. The van der Waals surface area contributed by atoms with Crippen LogP contribution in [0.25, 0.3) is 0 Å². The van der Waals surface area contributed by atoms with Crippen molar-refractivity contribution in [1.29, 1.82) is 0 Å². The number of carbonyl (C=O) groups excluding carboxylic acids is 2. The number of aliphatic hydroxyl groups excluding tert-OH is 1.